The zero-order chi connectivity index (χ0) is 19.8. The Bertz CT molecular complexity index is 908. The van der Waals surface area contributed by atoms with E-state index in [1.165, 1.54) is 12.3 Å². The summed E-state index contributed by atoms with van der Waals surface area (Å²) in [6.45, 7) is -0.106. The van der Waals surface area contributed by atoms with Gasteiger partial charge in [0.15, 0.2) is 20.9 Å². The molecule has 148 valence electrons. The molecule has 0 radical (unpaired) electrons. The van der Waals surface area contributed by atoms with E-state index in [1.54, 1.807) is 0 Å². The Kier molecular flexibility index (Phi) is 5.63. The number of halogens is 2. The van der Waals surface area contributed by atoms with Crippen LogP contribution in [0.4, 0.5) is 19.3 Å². The molecule has 2 heterocycles. The van der Waals surface area contributed by atoms with Crippen LogP contribution in [0.2, 0.25) is 0 Å². The topological polar surface area (TPSA) is 90.0 Å². The smallest absolute Gasteiger partial charge is 0.414 e. The molecule has 1 aromatic carbocycles. The lowest BCUT2D eigenvalue weighted by atomic mass is 10.0. The van der Waals surface area contributed by atoms with E-state index in [0.29, 0.717) is 0 Å². The number of carbonyl (C=O) groups excluding carboxylic acids is 1. The van der Waals surface area contributed by atoms with E-state index in [4.69, 9.17) is 8.92 Å². The molecule has 27 heavy (non-hydrogen) atoms. The second kappa shape index (κ2) is 7.64. The Morgan fingerprint density at radius 2 is 2.00 bits per heavy atom. The predicted molar refractivity (Wildman–Crippen MR) is 95.2 cm³/mol. The number of nitrogens with zero attached hydrogens (tertiary/aromatic N) is 1. The largest absolute Gasteiger partial charge is 0.441 e. The number of allylic oxidation sites excluding steroid dienone is 1. The van der Waals surface area contributed by atoms with Crippen LogP contribution in [0.15, 0.2) is 18.2 Å². The van der Waals surface area contributed by atoms with Gasteiger partial charge in [-0.05, 0) is 24.1 Å². The quantitative estimate of drug-likeness (QED) is 0.720. The molecule has 1 saturated heterocycles. The van der Waals surface area contributed by atoms with Crippen molar-refractivity contribution in [2.24, 2.45) is 0 Å². The van der Waals surface area contributed by atoms with Crippen LogP contribution in [0.5, 0.6) is 0 Å². The maximum Gasteiger partial charge on any atom is 0.414 e. The third kappa shape index (κ3) is 4.53. The molecule has 0 aromatic heterocycles. The minimum Gasteiger partial charge on any atom is -0.441 e. The summed E-state index contributed by atoms with van der Waals surface area (Å²) in [5.74, 6) is -2.21. The van der Waals surface area contributed by atoms with Crippen molar-refractivity contribution in [3.8, 4) is 0 Å². The highest BCUT2D eigenvalue weighted by atomic mass is 32.2. The molecule has 0 bridgehead atoms. The Hall–Kier alpha value is -1.85. The van der Waals surface area contributed by atoms with Gasteiger partial charge in [0.25, 0.3) is 0 Å². The number of hydrogen-bond donors (Lipinski definition) is 0. The van der Waals surface area contributed by atoms with Gasteiger partial charge >= 0.3 is 6.09 Å². The summed E-state index contributed by atoms with van der Waals surface area (Å²) in [5, 5.41) is 0. The van der Waals surface area contributed by atoms with E-state index in [-0.39, 0.29) is 47.9 Å². The Morgan fingerprint density at radius 3 is 2.56 bits per heavy atom. The maximum absolute atomic E-state index is 14.5. The number of cyclic esters (lactones) is 1. The highest BCUT2D eigenvalue weighted by molar-refractivity contribution is 7.91. The summed E-state index contributed by atoms with van der Waals surface area (Å²) in [4.78, 5) is 13.0. The second-order valence-electron chi connectivity index (χ2n) is 6.18. The van der Waals surface area contributed by atoms with Crippen LogP contribution in [0.1, 0.15) is 12.0 Å². The van der Waals surface area contributed by atoms with E-state index in [9.17, 15) is 26.2 Å². The zero-order valence-corrected chi connectivity index (χ0v) is 15.9. The summed E-state index contributed by atoms with van der Waals surface area (Å²) in [7, 11) is -3.22. The fraction of sp³-hybridized carbons (Fsp3) is 0.438. The van der Waals surface area contributed by atoms with Gasteiger partial charge in [-0.3, -0.25) is 9.08 Å². The molecule has 0 saturated carbocycles. The van der Waals surface area contributed by atoms with Crippen molar-refractivity contribution in [1.82, 2.24) is 0 Å². The molecule has 0 aliphatic carbocycles. The highest BCUT2D eigenvalue weighted by Crippen LogP contribution is 2.32. The van der Waals surface area contributed by atoms with Crippen LogP contribution < -0.4 is 4.90 Å². The van der Waals surface area contributed by atoms with Crippen LogP contribution in [-0.4, -0.2) is 55.7 Å². The standard InChI is InChI=1S/C16H17F2NO6S2/c1-26(21)24-9-12-8-19(16(20)25-12)11-6-13(17)15(14(18)7-11)10-2-4-27(22,23)5-3-10/h2,6-7,12H,3-5,8-9H2,1H3. The number of sulfone groups is 1. The molecule has 2 unspecified atom stereocenters. The van der Waals surface area contributed by atoms with Gasteiger partial charge in [-0.1, -0.05) is 6.08 Å². The van der Waals surface area contributed by atoms with Crippen molar-refractivity contribution in [1.29, 1.82) is 0 Å². The van der Waals surface area contributed by atoms with Crippen molar-refractivity contribution in [3.63, 3.8) is 0 Å². The highest BCUT2D eigenvalue weighted by Gasteiger charge is 2.34. The zero-order valence-electron chi connectivity index (χ0n) is 14.3. The number of hydrogen-bond acceptors (Lipinski definition) is 6. The van der Waals surface area contributed by atoms with Crippen LogP contribution in [0.3, 0.4) is 0 Å². The fourth-order valence-electron chi connectivity index (χ4n) is 2.92. The Labute approximate surface area is 157 Å². The van der Waals surface area contributed by atoms with E-state index in [1.807, 2.05) is 0 Å². The molecule has 11 heteroatoms. The first kappa shape index (κ1) is 19.9. The minimum atomic E-state index is -3.22. The number of ether oxygens (including phenoxy) is 1. The van der Waals surface area contributed by atoms with Crippen molar-refractivity contribution in [2.75, 3.05) is 35.8 Å². The average Bonchev–Trinajstić information content (AvgIpc) is 2.94. The third-order valence-electron chi connectivity index (χ3n) is 4.22. The minimum absolute atomic E-state index is 0.00476. The molecule has 2 aliphatic heterocycles. The summed E-state index contributed by atoms with van der Waals surface area (Å²) in [6.07, 6.45) is 1.15. The summed E-state index contributed by atoms with van der Waals surface area (Å²) in [6, 6.07) is 2.01. The van der Waals surface area contributed by atoms with E-state index in [0.717, 1.165) is 17.0 Å². The normalized spacial score (nSPS) is 23.1. The Morgan fingerprint density at radius 1 is 1.33 bits per heavy atom. The molecule has 0 N–H and O–H groups in total. The molecule has 3 rings (SSSR count). The van der Waals surface area contributed by atoms with Gasteiger partial charge in [0, 0.05) is 11.8 Å². The average molecular weight is 421 g/mol. The molecular weight excluding hydrogens is 404 g/mol. The lowest BCUT2D eigenvalue weighted by Gasteiger charge is -2.18. The number of rotatable bonds is 5. The van der Waals surface area contributed by atoms with E-state index in [2.05, 4.69) is 0 Å². The molecule has 1 amide bonds. The van der Waals surface area contributed by atoms with Crippen LogP contribution in [-0.2, 0) is 29.8 Å². The third-order valence-corrected chi connectivity index (χ3v) is 6.19. The lowest BCUT2D eigenvalue weighted by molar-refractivity contribution is 0.110. The Balaban J connectivity index is 1.82. The lowest BCUT2D eigenvalue weighted by Crippen LogP contribution is -2.26. The van der Waals surface area contributed by atoms with Crippen molar-refractivity contribution in [2.45, 2.75) is 12.5 Å². The van der Waals surface area contributed by atoms with Gasteiger partial charge in [0.05, 0.1) is 23.7 Å². The monoisotopic (exact) mass is 421 g/mol. The number of carbonyl (C=O) groups is 1. The van der Waals surface area contributed by atoms with Crippen LogP contribution in [0.25, 0.3) is 5.57 Å². The van der Waals surface area contributed by atoms with E-state index < -0.39 is 44.7 Å². The molecule has 7 nitrogen and oxygen atoms in total. The number of anilines is 1. The van der Waals surface area contributed by atoms with Gasteiger partial charge in [-0.25, -0.2) is 26.2 Å². The summed E-state index contributed by atoms with van der Waals surface area (Å²) >= 11 is -1.53. The molecule has 1 aromatic rings. The van der Waals surface area contributed by atoms with Gasteiger partial charge in [0.1, 0.15) is 24.3 Å². The SMILES string of the molecule is CS(=O)OCC1CN(c2cc(F)c(C3=CCS(=O)(=O)CC3)c(F)c2)C(=O)O1. The first-order valence-corrected chi connectivity index (χ1v) is 11.3. The molecule has 2 atom stereocenters. The molecular formula is C16H17F2NO6S2. The first-order valence-electron chi connectivity index (χ1n) is 8.00. The van der Waals surface area contributed by atoms with Crippen molar-refractivity contribution < 1.29 is 35.1 Å². The first-order chi connectivity index (χ1) is 12.7. The van der Waals surface area contributed by atoms with Gasteiger partial charge < -0.3 is 4.74 Å². The van der Waals surface area contributed by atoms with E-state index >= 15 is 0 Å². The van der Waals surface area contributed by atoms with Gasteiger partial charge in [-0.15, -0.1) is 0 Å². The van der Waals surface area contributed by atoms with Gasteiger partial charge in [0.2, 0.25) is 0 Å². The van der Waals surface area contributed by atoms with Crippen LogP contribution >= 0.6 is 0 Å². The number of benzene rings is 1. The summed E-state index contributed by atoms with van der Waals surface area (Å²) in [5.41, 5.74) is -0.0301. The molecule has 0 spiro atoms. The van der Waals surface area contributed by atoms with Crippen molar-refractivity contribution >= 4 is 38.3 Å². The number of amides is 1. The molecule has 2 aliphatic rings. The second-order valence-corrected chi connectivity index (χ2v) is 9.45. The fourth-order valence-corrected chi connectivity index (χ4v) is 4.41. The maximum atomic E-state index is 14.5. The molecule has 1 fully saturated rings. The van der Waals surface area contributed by atoms with Gasteiger partial charge in [-0.2, -0.15) is 0 Å². The summed E-state index contributed by atoms with van der Waals surface area (Å²) < 4.78 is 72.9. The predicted octanol–water partition coefficient (Wildman–Crippen LogP) is 1.80. The van der Waals surface area contributed by atoms with Crippen molar-refractivity contribution in [3.05, 3.63) is 35.4 Å². The van der Waals surface area contributed by atoms with Crippen LogP contribution in [0, 0.1) is 11.6 Å².